The van der Waals surface area contributed by atoms with Crippen molar-refractivity contribution in [3.63, 3.8) is 0 Å². The van der Waals surface area contributed by atoms with E-state index in [-0.39, 0.29) is 62.4 Å². The third-order valence-corrected chi connectivity index (χ3v) is 7.88. The van der Waals surface area contributed by atoms with Gasteiger partial charge in [0.05, 0.1) is 46.8 Å². The number of ether oxygens (including phenoxy) is 5. The van der Waals surface area contributed by atoms with Crippen LogP contribution < -0.4 is 0 Å². The Bertz CT molecular complexity index is 1490. The van der Waals surface area contributed by atoms with Gasteiger partial charge in [-0.2, -0.15) is 0 Å². The Morgan fingerprint density at radius 2 is 1.38 bits per heavy atom. The van der Waals surface area contributed by atoms with Gasteiger partial charge in [0.1, 0.15) is 17.5 Å². The molecule has 0 aliphatic carbocycles. The molecule has 0 amide bonds. The van der Waals surface area contributed by atoms with E-state index < -0.39 is 35.4 Å². The molecule has 45 heavy (non-hydrogen) atoms. The molecule has 0 fully saturated rings. The van der Waals surface area contributed by atoms with Crippen LogP contribution in [0.1, 0.15) is 65.5 Å². The van der Waals surface area contributed by atoms with E-state index in [1.807, 2.05) is 30.3 Å². The summed E-state index contributed by atoms with van der Waals surface area (Å²) in [4.78, 5) is 70.4. The number of aliphatic imine (C=N–C) groups is 1. The predicted octanol–water partition coefficient (Wildman–Crippen LogP) is 3.96. The molecule has 242 valence electrons. The fourth-order valence-corrected chi connectivity index (χ4v) is 5.57. The van der Waals surface area contributed by atoms with Gasteiger partial charge in [-0.25, -0.2) is 4.79 Å². The summed E-state index contributed by atoms with van der Waals surface area (Å²) in [5, 5.41) is 0.120. The summed E-state index contributed by atoms with van der Waals surface area (Å²) in [6.45, 7) is 1.74. The maximum Gasteiger partial charge on any atom is 0.355 e. The number of carbonyl (C=O) groups is 5. The quantitative estimate of drug-likeness (QED) is 0.222. The fourth-order valence-electron chi connectivity index (χ4n) is 5.18. The Morgan fingerprint density at radius 1 is 0.800 bits per heavy atom. The van der Waals surface area contributed by atoms with Crippen LogP contribution >= 0.6 is 11.6 Å². The molecule has 2 aromatic rings. The second kappa shape index (κ2) is 16.0. The average Bonchev–Trinajstić information content (AvgIpc) is 3.48. The van der Waals surface area contributed by atoms with E-state index in [1.54, 1.807) is 6.92 Å². The van der Waals surface area contributed by atoms with E-state index in [0.29, 0.717) is 28.0 Å². The highest BCUT2D eigenvalue weighted by molar-refractivity contribution is 6.70. The average molecular weight is 645 g/mol. The van der Waals surface area contributed by atoms with E-state index >= 15 is 0 Å². The van der Waals surface area contributed by atoms with Gasteiger partial charge in [0.15, 0.2) is 0 Å². The largest absolute Gasteiger partial charge is 0.469 e. The molecule has 2 heterocycles. The van der Waals surface area contributed by atoms with Gasteiger partial charge in [0, 0.05) is 25.0 Å². The first kappa shape index (κ1) is 35.0. The summed E-state index contributed by atoms with van der Waals surface area (Å²) in [7, 11) is 5.02. The zero-order valence-electron chi connectivity index (χ0n) is 26.0. The molecular weight excluding hydrogens is 608 g/mol. The number of benzene rings is 1. The third-order valence-electron chi connectivity index (χ3n) is 7.56. The smallest absolute Gasteiger partial charge is 0.355 e. The molecule has 1 aromatic carbocycles. The molecule has 1 aliphatic rings. The lowest BCUT2D eigenvalue weighted by Gasteiger charge is -2.26. The number of hydrogen-bond donors (Lipinski definition) is 1. The minimum absolute atomic E-state index is 0.00347. The number of rotatable bonds is 15. The predicted molar refractivity (Wildman–Crippen MR) is 163 cm³/mol. The van der Waals surface area contributed by atoms with E-state index in [2.05, 4.69) is 9.98 Å². The number of H-pyrrole nitrogens is 1. The van der Waals surface area contributed by atoms with Crippen LogP contribution in [0.3, 0.4) is 0 Å². The zero-order valence-corrected chi connectivity index (χ0v) is 26.7. The minimum Gasteiger partial charge on any atom is -0.469 e. The highest BCUT2D eigenvalue weighted by Crippen LogP contribution is 2.41. The molecular formula is C32H37ClN2O10. The summed E-state index contributed by atoms with van der Waals surface area (Å²) in [6, 6.07) is 9.10. The summed E-state index contributed by atoms with van der Waals surface area (Å²) < 4.78 is 25.1. The summed E-state index contributed by atoms with van der Waals surface area (Å²) >= 11 is 6.59. The van der Waals surface area contributed by atoms with Gasteiger partial charge >= 0.3 is 29.8 Å². The van der Waals surface area contributed by atoms with E-state index in [4.69, 9.17) is 35.3 Å². The Morgan fingerprint density at radius 3 is 1.98 bits per heavy atom. The minimum atomic E-state index is -1.14. The number of halogens is 1. The lowest BCUT2D eigenvalue weighted by atomic mass is 9.83. The van der Waals surface area contributed by atoms with Crippen molar-refractivity contribution in [1.82, 2.24) is 4.98 Å². The molecule has 12 nitrogen and oxygen atoms in total. The second-order valence-electron chi connectivity index (χ2n) is 10.5. The van der Waals surface area contributed by atoms with Crippen LogP contribution in [-0.4, -0.2) is 74.0 Å². The molecule has 1 aromatic heterocycles. The van der Waals surface area contributed by atoms with E-state index in [1.165, 1.54) is 28.4 Å². The van der Waals surface area contributed by atoms with Crippen molar-refractivity contribution in [2.24, 2.45) is 4.99 Å². The van der Waals surface area contributed by atoms with Crippen LogP contribution in [0.25, 0.3) is 0 Å². The van der Waals surface area contributed by atoms with Crippen LogP contribution in [-0.2, 0) is 68.7 Å². The van der Waals surface area contributed by atoms with Gasteiger partial charge in [0.25, 0.3) is 0 Å². The Hall–Kier alpha value is -4.45. The number of esters is 5. The topological polar surface area (TPSA) is 160 Å². The molecule has 13 heteroatoms. The van der Waals surface area contributed by atoms with Crippen molar-refractivity contribution in [3.8, 4) is 0 Å². The van der Waals surface area contributed by atoms with Crippen molar-refractivity contribution in [1.29, 1.82) is 0 Å². The van der Waals surface area contributed by atoms with E-state index in [9.17, 15) is 24.0 Å². The van der Waals surface area contributed by atoms with Gasteiger partial charge in [-0.05, 0) is 47.6 Å². The molecule has 0 saturated heterocycles. The van der Waals surface area contributed by atoms with Crippen LogP contribution in [0.15, 0.2) is 46.5 Å². The molecule has 3 rings (SSSR count). The second-order valence-corrected chi connectivity index (χ2v) is 10.8. The van der Waals surface area contributed by atoms with Gasteiger partial charge in [-0.15, -0.1) is 0 Å². The molecule has 0 saturated carbocycles. The van der Waals surface area contributed by atoms with Gasteiger partial charge in [-0.3, -0.25) is 24.2 Å². The van der Waals surface area contributed by atoms with Crippen molar-refractivity contribution in [3.05, 3.63) is 69.6 Å². The Labute approximate surface area is 266 Å². The van der Waals surface area contributed by atoms with Crippen molar-refractivity contribution >= 4 is 46.6 Å². The normalized spacial score (nSPS) is 15.7. The third kappa shape index (κ3) is 9.04. The highest BCUT2D eigenvalue weighted by atomic mass is 35.5. The van der Waals surface area contributed by atoms with Crippen LogP contribution in [0.5, 0.6) is 0 Å². The molecule has 0 spiro atoms. The zero-order chi connectivity index (χ0) is 33.1. The molecule has 1 unspecified atom stereocenters. The number of carbonyl (C=O) groups excluding carboxylic acids is 5. The Kier molecular flexibility index (Phi) is 12.5. The lowest BCUT2D eigenvalue weighted by molar-refractivity contribution is -0.141. The van der Waals surface area contributed by atoms with Gasteiger partial charge in [0.2, 0.25) is 0 Å². The number of allylic oxidation sites excluding steroid dienone is 1. The summed E-state index contributed by atoms with van der Waals surface area (Å²) in [5.74, 6) is -2.79. The van der Waals surface area contributed by atoms with Gasteiger partial charge < -0.3 is 28.7 Å². The molecule has 1 aliphatic heterocycles. The molecule has 0 bridgehead atoms. The molecule has 1 N–H and O–H groups in total. The van der Waals surface area contributed by atoms with E-state index in [0.717, 1.165) is 5.56 Å². The number of aromatic nitrogens is 1. The monoisotopic (exact) mass is 644 g/mol. The van der Waals surface area contributed by atoms with Crippen molar-refractivity contribution < 1.29 is 47.7 Å². The first-order chi connectivity index (χ1) is 21.5. The number of hydrogen-bond acceptors (Lipinski definition) is 11. The summed E-state index contributed by atoms with van der Waals surface area (Å²) in [5.41, 5.74) is 1.95. The fraction of sp³-hybridized carbons (Fsp3) is 0.438. The summed E-state index contributed by atoms with van der Waals surface area (Å²) in [6.07, 6.45) is -0.196. The number of nitrogens with one attached hydrogen (secondary N) is 1. The molecule has 1 atom stereocenters. The number of methoxy groups -OCH3 is 4. The first-order valence-electron chi connectivity index (χ1n) is 14.1. The Balaban J connectivity index is 2.11. The van der Waals surface area contributed by atoms with Crippen molar-refractivity contribution in [2.45, 2.75) is 64.0 Å². The molecule has 0 radical (unpaired) electrons. The SMILES string of the molecule is COC(=O)CCC1=C(CC(=O)OC)C(C)(Cc2[nH]c(C(=O)OCc3ccccc3)c(CCC(=O)OC)c2CC(=O)OC)N=C1Cl. The number of nitrogens with zero attached hydrogens (tertiary/aromatic N) is 1. The maximum absolute atomic E-state index is 13.5. The maximum atomic E-state index is 13.5. The van der Waals surface area contributed by atoms with Crippen molar-refractivity contribution in [2.75, 3.05) is 28.4 Å². The van der Waals surface area contributed by atoms with Crippen LogP contribution in [0.2, 0.25) is 0 Å². The van der Waals surface area contributed by atoms with Crippen LogP contribution in [0, 0.1) is 0 Å². The van der Waals surface area contributed by atoms with Crippen LogP contribution in [0.4, 0.5) is 0 Å². The highest BCUT2D eigenvalue weighted by Gasteiger charge is 2.41. The number of aromatic amines is 1. The standard InChI is InChI=1S/C32H37ClN2O10/c1-32(23(16-28(39)44-5)21(30(33)35-32)12-14-26(37)42-3)17-24-22(15-27(38)43-4)20(11-13-25(36)41-2)29(34-24)31(40)45-18-19-9-7-6-8-10-19/h6-10,34H,11-18H2,1-5H3. The lowest BCUT2D eigenvalue weighted by Crippen LogP contribution is -2.29. The first-order valence-corrected chi connectivity index (χ1v) is 14.5. The van der Waals surface area contributed by atoms with Gasteiger partial charge in [-0.1, -0.05) is 41.9 Å².